The van der Waals surface area contributed by atoms with E-state index in [9.17, 15) is 5.26 Å². The average molecular weight is 688 g/mol. The highest BCUT2D eigenvalue weighted by Crippen LogP contribution is 2.39. The van der Waals surface area contributed by atoms with Gasteiger partial charge in [-0.1, -0.05) is 6.07 Å². The van der Waals surface area contributed by atoms with Crippen LogP contribution in [0.3, 0.4) is 0 Å². The molecule has 3 aromatic rings. The van der Waals surface area contributed by atoms with E-state index in [1.54, 1.807) is 31.6 Å². The number of aromatic nitrogens is 4. The normalized spacial score (nSPS) is 23.1. The third kappa shape index (κ3) is 8.34. The molecule has 0 amide bonds. The van der Waals surface area contributed by atoms with Gasteiger partial charge in [0.2, 0.25) is 5.95 Å². The van der Waals surface area contributed by atoms with Gasteiger partial charge in [-0.15, -0.1) is 5.10 Å². The zero-order valence-corrected chi connectivity index (χ0v) is 29.1. The van der Waals surface area contributed by atoms with Crippen molar-refractivity contribution in [2.75, 3.05) is 38.8 Å². The highest BCUT2D eigenvalue weighted by atomic mass is 16.5. The van der Waals surface area contributed by atoms with Gasteiger partial charge in [-0.25, -0.2) is 9.97 Å². The number of morpholine rings is 1. The van der Waals surface area contributed by atoms with Gasteiger partial charge in [0, 0.05) is 49.6 Å². The summed E-state index contributed by atoms with van der Waals surface area (Å²) in [4.78, 5) is 12.0. The quantitative estimate of drug-likeness (QED) is 0.0729. The van der Waals surface area contributed by atoms with E-state index in [1.807, 2.05) is 26.1 Å². The minimum Gasteiger partial charge on any atom is -0.487 e. The van der Waals surface area contributed by atoms with E-state index in [0.717, 1.165) is 62.8 Å². The van der Waals surface area contributed by atoms with Gasteiger partial charge < -0.3 is 24.3 Å². The Hall–Kier alpha value is -4.33. The largest absolute Gasteiger partial charge is 0.487 e. The summed E-state index contributed by atoms with van der Waals surface area (Å²) in [5, 5.41) is 26.7. The molecule has 0 radical (unpaired) electrons. The Bertz CT molecular complexity index is 1590. The number of anilines is 2. The molecule has 15 heteroatoms. The molecule has 3 fully saturated rings. The molecule has 268 valence electrons. The summed E-state index contributed by atoms with van der Waals surface area (Å²) in [6.07, 6.45) is 13.9. The van der Waals surface area contributed by atoms with Crippen molar-refractivity contribution in [2.45, 2.75) is 95.2 Å². The van der Waals surface area contributed by atoms with Crippen LogP contribution in [-0.2, 0) is 9.47 Å². The molecule has 50 heavy (non-hydrogen) atoms. The van der Waals surface area contributed by atoms with Crippen molar-refractivity contribution in [3.05, 3.63) is 42.4 Å². The highest BCUT2D eigenvalue weighted by molar-refractivity contribution is 5.67. The van der Waals surface area contributed by atoms with Crippen LogP contribution in [0.4, 0.5) is 11.6 Å². The van der Waals surface area contributed by atoms with Gasteiger partial charge in [0.05, 0.1) is 56.6 Å². The molecular formula is C35H49N11O4. The maximum atomic E-state index is 9.66. The molecule has 4 atom stereocenters. The van der Waals surface area contributed by atoms with Gasteiger partial charge in [-0.2, -0.15) is 10.8 Å². The highest BCUT2D eigenvalue weighted by Gasteiger charge is 2.42. The van der Waals surface area contributed by atoms with Crippen LogP contribution in [0.1, 0.15) is 70.4 Å². The van der Waals surface area contributed by atoms with E-state index in [2.05, 4.69) is 36.5 Å². The number of nitrogens with one attached hydrogen (secondary N) is 3. The molecule has 5 N–H and O–H groups in total. The molecule has 1 unspecified atom stereocenters. The number of benzene rings is 1. The van der Waals surface area contributed by atoms with Crippen LogP contribution in [0.2, 0.25) is 0 Å². The average Bonchev–Trinajstić information content (AvgIpc) is 3.66. The molecule has 1 saturated carbocycles. The fourth-order valence-electron chi connectivity index (χ4n) is 7.30. The summed E-state index contributed by atoms with van der Waals surface area (Å²) in [7, 11) is 1.70. The van der Waals surface area contributed by atoms with Crippen LogP contribution in [0.5, 0.6) is 11.6 Å². The molecule has 0 spiro atoms. The fourth-order valence-corrected chi connectivity index (χ4v) is 7.30. The van der Waals surface area contributed by atoms with E-state index >= 15 is 0 Å². The van der Waals surface area contributed by atoms with Crippen LogP contribution in [0.25, 0.3) is 11.1 Å². The van der Waals surface area contributed by atoms with Crippen molar-refractivity contribution in [2.24, 2.45) is 5.84 Å². The monoisotopic (exact) mass is 687 g/mol. The Morgan fingerprint density at radius 3 is 2.42 bits per heavy atom. The maximum absolute atomic E-state index is 9.66. The Kier molecular flexibility index (Phi) is 11.8. The Morgan fingerprint density at radius 1 is 1.06 bits per heavy atom. The van der Waals surface area contributed by atoms with E-state index in [1.165, 1.54) is 17.9 Å². The van der Waals surface area contributed by atoms with Crippen LogP contribution < -0.4 is 26.2 Å². The fraction of sp³-hybridized carbons (Fsp3) is 0.571. The van der Waals surface area contributed by atoms with E-state index in [-0.39, 0.29) is 12.2 Å². The van der Waals surface area contributed by atoms with Crippen molar-refractivity contribution in [1.82, 2.24) is 35.2 Å². The molecular weight excluding hydrogens is 638 g/mol. The summed E-state index contributed by atoms with van der Waals surface area (Å²) in [5.41, 5.74) is 5.07. The number of hydrogen-bond donors (Lipinski definition) is 4. The molecule has 1 aliphatic carbocycles. The standard InChI is InChI=1S/C35H49N11O4/c1-23(47-3)12-13-49-34-32(19-45(42-34)28-6-8-29(9-7-28)46-30-10-11-31(46)21-48-20-30)41-35-39-16-27(17-40-35)25-4-5-26(15-36)33(14-25)50-24(2)18-44(22-37)43-38/h4-5,14,16-17,19,22-24,28-31,37,43H,6-13,18,20-21,38H2,1-3H3,(H,39,40,41)/t23?,24-,28?,29?,30-,31+/m0/s1. The number of nitrogens with two attached hydrogens (primary N) is 1. The van der Waals surface area contributed by atoms with E-state index < -0.39 is 0 Å². The van der Waals surface area contributed by atoms with Crippen LogP contribution in [-0.4, -0.2) is 99.8 Å². The second kappa shape index (κ2) is 16.6. The molecule has 3 aliphatic rings. The minimum atomic E-state index is -0.359. The van der Waals surface area contributed by atoms with Crippen LogP contribution in [0.15, 0.2) is 36.8 Å². The SMILES string of the molecule is COC(C)CCOc1nn(C2CCC(N3[C@@H]4CC[C@H]3COC4)CC2)cc1Nc1ncc(-c2ccc(C#N)c(O[C@@H](C)CN(C=N)NN)c2)cn1. The van der Waals surface area contributed by atoms with Crippen molar-refractivity contribution >= 4 is 18.0 Å². The molecule has 2 saturated heterocycles. The van der Waals surface area contributed by atoms with Crippen molar-refractivity contribution in [1.29, 1.82) is 10.7 Å². The third-order valence-corrected chi connectivity index (χ3v) is 10.1. The zero-order valence-electron chi connectivity index (χ0n) is 29.1. The number of hydrogen-bond acceptors (Lipinski definition) is 13. The number of nitriles is 1. The summed E-state index contributed by atoms with van der Waals surface area (Å²) in [5.74, 6) is 6.79. The summed E-state index contributed by atoms with van der Waals surface area (Å²) in [6.45, 7) is 6.38. The number of methoxy groups -OCH3 is 1. The minimum absolute atomic E-state index is 0.0749. The molecule has 2 aromatic heterocycles. The van der Waals surface area contributed by atoms with Gasteiger partial charge >= 0.3 is 0 Å². The second-order valence-electron chi connectivity index (χ2n) is 13.4. The van der Waals surface area contributed by atoms with Gasteiger partial charge in [0.15, 0.2) is 0 Å². The number of ether oxygens (including phenoxy) is 4. The molecule has 6 rings (SSSR count). The summed E-state index contributed by atoms with van der Waals surface area (Å²) >= 11 is 0. The first-order valence-electron chi connectivity index (χ1n) is 17.5. The van der Waals surface area contributed by atoms with E-state index in [4.69, 9.17) is 35.3 Å². The molecule has 2 bridgehead atoms. The smallest absolute Gasteiger partial charge is 0.256 e. The number of rotatable bonds is 16. The Labute approximate surface area is 293 Å². The van der Waals surface area contributed by atoms with Gasteiger partial charge in [0.25, 0.3) is 5.88 Å². The first kappa shape index (κ1) is 35.5. The molecule has 15 nitrogen and oxygen atoms in total. The first-order valence-corrected chi connectivity index (χ1v) is 17.5. The lowest BCUT2D eigenvalue weighted by Gasteiger charge is -2.43. The van der Waals surface area contributed by atoms with Gasteiger partial charge in [-0.3, -0.25) is 25.8 Å². The lowest BCUT2D eigenvalue weighted by molar-refractivity contribution is -0.0458. The number of fused-ring (bicyclic) bond motifs is 2. The molecule has 4 heterocycles. The van der Waals surface area contributed by atoms with Crippen LogP contribution >= 0.6 is 0 Å². The zero-order chi connectivity index (χ0) is 35.0. The van der Waals surface area contributed by atoms with Crippen molar-refractivity contribution < 1.29 is 18.9 Å². The van der Waals surface area contributed by atoms with Crippen molar-refractivity contribution in [3.8, 4) is 28.8 Å². The second-order valence-corrected chi connectivity index (χ2v) is 13.4. The summed E-state index contributed by atoms with van der Waals surface area (Å²) in [6, 6.07) is 9.58. The number of nitrogens with zero attached hydrogens (tertiary/aromatic N) is 7. The van der Waals surface area contributed by atoms with Crippen molar-refractivity contribution in [3.63, 3.8) is 0 Å². The summed E-state index contributed by atoms with van der Waals surface area (Å²) < 4.78 is 25.5. The van der Waals surface area contributed by atoms with Gasteiger partial charge in [0.1, 0.15) is 23.6 Å². The Morgan fingerprint density at radius 2 is 1.76 bits per heavy atom. The third-order valence-electron chi connectivity index (χ3n) is 10.1. The van der Waals surface area contributed by atoms with E-state index in [0.29, 0.717) is 66.1 Å². The first-order chi connectivity index (χ1) is 24.4. The topological polar surface area (TPSA) is 185 Å². The lowest BCUT2D eigenvalue weighted by Crippen LogP contribution is -2.52. The molecule has 1 aromatic carbocycles. The van der Waals surface area contributed by atoms with Crippen LogP contribution in [0, 0.1) is 16.7 Å². The molecule has 2 aliphatic heterocycles. The maximum Gasteiger partial charge on any atom is 0.256 e. The number of hydrazine groups is 2. The lowest BCUT2D eigenvalue weighted by atomic mass is 9.89. The Balaban J connectivity index is 1.14. The predicted molar refractivity (Wildman–Crippen MR) is 188 cm³/mol. The van der Waals surface area contributed by atoms with Gasteiger partial charge in [-0.05, 0) is 70.1 Å². The predicted octanol–water partition coefficient (Wildman–Crippen LogP) is 4.16.